The van der Waals surface area contributed by atoms with Crippen LogP contribution in [0, 0.1) is 0 Å². The summed E-state index contributed by atoms with van der Waals surface area (Å²) in [6.07, 6.45) is 0. The van der Waals surface area contributed by atoms with Gasteiger partial charge in [-0.3, -0.25) is 4.79 Å². The summed E-state index contributed by atoms with van der Waals surface area (Å²) in [5, 5.41) is 21.1. The molecule has 0 saturated heterocycles. The van der Waals surface area contributed by atoms with E-state index in [0.717, 1.165) is 0 Å². The molecule has 0 spiro atoms. The summed E-state index contributed by atoms with van der Waals surface area (Å²) >= 11 is 0. The number of methoxy groups -OCH3 is 1. The number of amides is 1. The molecule has 0 aliphatic rings. The zero-order valence-electron chi connectivity index (χ0n) is 11.0. The Morgan fingerprint density at radius 1 is 1.33 bits per heavy atom. The first kappa shape index (κ1) is 14.5. The summed E-state index contributed by atoms with van der Waals surface area (Å²) < 4.78 is 5.03. The van der Waals surface area contributed by atoms with Crippen LogP contribution in [0.2, 0.25) is 0 Å². The van der Waals surface area contributed by atoms with Gasteiger partial charge in [-0.05, 0) is 32.9 Å². The Balaban J connectivity index is 3.02. The molecule has 1 amide bonds. The Morgan fingerprint density at radius 2 is 1.94 bits per heavy atom. The Bertz CT molecular complexity index is 440. The number of hydrogen-bond acceptors (Lipinski definition) is 4. The average Bonchev–Trinajstić information content (AvgIpc) is 2.25. The molecule has 0 unspecified atom stereocenters. The minimum Gasteiger partial charge on any atom is -0.497 e. The van der Waals surface area contributed by atoms with Gasteiger partial charge in [-0.25, -0.2) is 0 Å². The summed E-state index contributed by atoms with van der Waals surface area (Å²) in [5.74, 6) is 0.0336. The molecule has 0 aliphatic carbocycles. The van der Waals surface area contributed by atoms with Crippen molar-refractivity contribution in [3.63, 3.8) is 0 Å². The van der Waals surface area contributed by atoms with E-state index >= 15 is 0 Å². The standard InChI is InChI=1S/C12H18BNO4/c1-12(2,3)14-11(15)8-5-6-9(13(16)17)10(7-8)18-4/h5-7,16-17H,1-4H3,(H,14,15). The molecule has 5 nitrogen and oxygen atoms in total. The lowest BCUT2D eigenvalue weighted by Crippen LogP contribution is -2.41. The molecule has 98 valence electrons. The van der Waals surface area contributed by atoms with Gasteiger partial charge in [0.05, 0.1) is 7.11 Å². The number of benzene rings is 1. The molecule has 1 aromatic carbocycles. The Morgan fingerprint density at radius 3 is 2.39 bits per heavy atom. The minimum absolute atomic E-state index is 0.227. The molecule has 0 atom stereocenters. The molecule has 0 fully saturated rings. The first-order valence-electron chi connectivity index (χ1n) is 5.61. The predicted octanol–water partition coefficient (Wildman–Crippen LogP) is -0.0967. The fourth-order valence-electron chi connectivity index (χ4n) is 1.48. The highest BCUT2D eigenvalue weighted by molar-refractivity contribution is 6.59. The number of hydrogen-bond donors (Lipinski definition) is 3. The highest BCUT2D eigenvalue weighted by Gasteiger charge is 2.20. The van der Waals surface area contributed by atoms with Gasteiger partial charge in [0.1, 0.15) is 5.75 Å². The maximum Gasteiger partial charge on any atom is 0.492 e. The van der Waals surface area contributed by atoms with E-state index in [1.807, 2.05) is 20.8 Å². The van der Waals surface area contributed by atoms with Crippen LogP contribution in [-0.4, -0.2) is 35.7 Å². The third-order valence-corrected chi connectivity index (χ3v) is 2.26. The van der Waals surface area contributed by atoms with Crippen molar-refractivity contribution >= 4 is 18.5 Å². The van der Waals surface area contributed by atoms with E-state index < -0.39 is 7.12 Å². The summed E-state index contributed by atoms with van der Waals surface area (Å²) in [6.45, 7) is 5.65. The van der Waals surface area contributed by atoms with Crippen LogP contribution in [0.1, 0.15) is 31.1 Å². The van der Waals surface area contributed by atoms with E-state index in [2.05, 4.69) is 5.32 Å². The highest BCUT2D eigenvalue weighted by Crippen LogP contribution is 2.12. The van der Waals surface area contributed by atoms with Crippen LogP contribution < -0.4 is 15.5 Å². The first-order chi connectivity index (χ1) is 8.24. The number of rotatable bonds is 3. The summed E-state index contributed by atoms with van der Waals surface area (Å²) in [5.41, 5.74) is 0.301. The van der Waals surface area contributed by atoms with Crippen molar-refractivity contribution in [2.45, 2.75) is 26.3 Å². The molecular weight excluding hydrogens is 233 g/mol. The highest BCUT2D eigenvalue weighted by atomic mass is 16.5. The zero-order valence-corrected chi connectivity index (χ0v) is 11.0. The van der Waals surface area contributed by atoms with Gasteiger partial charge in [0.15, 0.2) is 0 Å². The van der Waals surface area contributed by atoms with Crippen molar-refractivity contribution in [1.29, 1.82) is 0 Å². The molecule has 18 heavy (non-hydrogen) atoms. The quantitative estimate of drug-likeness (QED) is 0.655. The minimum atomic E-state index is -1.63. The average molecular weight is 251 g/mol. The second kappa shape index (κ2) is 5.41. The van der Waals surface area contributed by atoms with Crippen molar-refractivity contribution < 1.29 is 19.6 Å². The van der Waals surface area contributed by atoms with Gasteiger partial charge in [0.2, 0.25) is 0 Å². The van der Waals surface area contributed by atoms with E-state index in [1.165, 1.54) is 25.3 Å². The van der Waals surface area contributed by atoms with E-state index in [1.54, 1.807) is 0 Å². The van der Waals surface area contributed by atoms with E-state index in [0.29, 0.717) is 5.56 Å². The molecule has 0 aliphatic heterocycles. The van der Waals surface area contributed by atoms with Crippen LogP contribution in [0.4, 0.5) is 0 Å². The van der Waals surface area contributed by atoms with Gasteiger partial charge in [-0.1, -0.05) is 6.07 Å². The fourth-order valence-corrected chi connectivity index (χ4v) is 1.48. The summed E-state index contributed by atoms with van der Waals surface area (Å²) in [6, 6.07) is 4.47. The second-order valence-corrected chi connectivity index (χ2v) is 5.03. The summed E-state index contributed by atoms with van der Waals surface area (Å²) in [4.78, 5) is 11.9. The number of carbonyl (C=O) groups is 1. The fraction of sp³-hybridized carbons (Fsp3) is 0.417. The van der Waals surface area contributed by atoms with Crippen LogP contribution in [0.15, 0.2) is 18.2 Å². The lowest BCUT2D eigenvalue weighted by molar-refractivity contribution is 0.0919. The van der Waals surface area contributed by atoms with Crippen molar-refractivity contribution in [3.05, 3.63) is 23.8 Å². The number of nitrogens with one attached hydrogen (secondary N) is 1. The molecule has 0 bridgehead atoms. The van der Waals surface area contributed by atoms with Crippen LogP contribution in [0.3, 0.4) is 0 Å². The van der Waals surface area contributed by atoms with Crippen LogP contribution in [0.5, 0.6) is 5.75 Å². The smallest absolute Gasteiger partial charge is 0.492 e. The van der Waals surface area contributed by atoms with Crippen LogP contribution >= 0.6 is 0 Å². The van der Waals surface area contributed by atoms with Gasteiger partial charge in [0, 0.05) is 16.6 Å². The maximum absolute atomic E-state index is 11.9. The van der Waals surface area contributed by atoms with Gasteiger partial charge in [-0.2, -0.15) is 0 Å². The van der Waals surface area contributed by atoms with Gasteiger partial charge < -0.3 is 20.1 Å². The van der Waals surface area contributed by atoms with Crippen LogP contribution in [-0.2, 0) is 0 Å². The topological polar surface area (TPSA) is 78.8 Å². The maximum atomic E-state index is 11.9. The molecule has 1 rings (SSSR count). The lowest BCUT2D eigenvalue weighted by Gasteiger charge is -2.21. The Kier molecular flexibility index (Phi) is 4.37. The Labute approximate surface area is 107 Å². The monoisotopic (exact) mass is 251 g/mol. The normalized spacial score (nSPS) is 11.0. The SMILES string of the molecule is COc1cc(C(=O)NC(C)(C)C)ccc1B(O)O. The number of carbonyl (C=O) groups excluding carboxylic acids is 1. The molecule has 0 heterocycles. The van der Waals surface area contributed by atoms with Crippen molar-refractivity contribution in [2.24, 2.45) is 0 Å². The van der Waals surface area contributed by atoms with Crippen LogP contribution in [0.25, 0.3) is 0 Å². The molecule has 0 aromatic heterocycles. The molecule has 1 aromatic rings. The van der Waals surface area contributed by atoms with Gasteiger partial charge in [-0.15, -0.1) is 0 Å². The molecule has 0 saturated carbocycles. The third-order valence-electron chi connectivity index (χ3n) is 2.26. The van der Waals surface area contributed by atoms with E-state index in [-0.39, 0.29) is 22.7 Å². The number of ether oxygens (including phenoxy) is 1. The van der Waals surface area contributed by atoms with Gasteiger partial charge >= 0.3 is 7.12 Å². The lowest BCUT2D eigenvalue weighted by atomic mass is 9.79. The molecule has 3 N–H and O–H groups in total. The van der Waals surface area contributed by atoms with Crippen molar-refractivity contribution in [1.82, 2.24) is 5.32 Å². The summed E-state index contributed by atoms with van der Waals surface area (Å²) in [7, 11) is -0.216. The van der Waals surface area contributed by atoms with Crippen molar-refractivity contribution in [3.8, 4) is 5.75 Å². The molecular formula is C12H18BNO4. The Hall–Kier alpha value is -1.53. The predicted molar refractivity (Wildman–Crippen MR) is 70.0 cm³/mol. The molecule has 0 radical (unpaired) electrons. The van der Waals surface area contributed by atoms with Crippen molar-refractivity contribution in [2.75, 3.05) is 7.11 Å². The molecule has 6 heteroatoms. The first-order valence-corrected chi connectivity index (χ1v) is 5.61. The zero-order chi connectivity index (χ0) is 13.9. The largest absolute Gasteiger partial charge is 0.497 e. The van der Waals surface area contributed by atoms with E-state index in [4.69, 9.17) is 14.8 Å². The third kappa shape index (κ3) is 3.75. The second-order valence-electron chi connectivity index (χ2n) is 5.03. The van der Waals surface area contributed by atoms with Gasteiger partial charge in [0.25, 0.3) is 5.91 Å². The van der Waals surface area contributed by atoms with E-state index in [9.17, 15) is 4.79 Å².